The molecule has 1 aromatic rings. The standard InChI is InChI=1S/C16H22BrN3/c17-12-8-6-11(7-9-12)14-10-15(14)20-16(18)19-13-4-2-1-3-5-13/h6-9,13-15H,1-5,10H2,(H3,18,19,20). The second kappa shape index (κ2) is 6.17. The first-order chi connectivity index (χ1) is 9.72. The van der Waals surface area contributed by atoms with E-state index in [-0.39, 0.29) is 0 Å². The van der Waals surface area contributed by atoms with Gasteiger partial charge in [-0.25, -0.2) is 4.99 Å². The van der Waals surface area contributed by atoms with Crippen molar-refractivity contribution in [3.63, 3.8) is 0 Å². The number of nitrogens with one attached hydrogen (secondary N) is 1. The van der Waals surface area contributed by atoms with Crippen molar-refractivity contribution in [2.45, 2.75) is 56.5 Å². The van der Waals surface area contributed by atoms with Crippen LogP contribution in [0.1, 0.15) is 50.0 Å². The first kappa shape index (κ1) is 13.9. The lowest BCUT2D eigenvalue weighted by atomic mass is 9.96. The number of benzene rings is 1. The number of nitrogens with two attached hydrogens (primary N) is 1. The van der Waals surface area contributed by atoms with Gasteiger partial charge in [0.1, 0.15) is 0 Å². The van der Waals surface area contributed by atoms with Crippen LogP contribution < -0.4 is 11.1 Å². The van der Waals surface area contributed by atoms with Gasteiger partial charge in [0, 0.05) is 16.4 Å². The van der Waals surface area contributed by atoms with E-state index in [2.05, 4.69) is 50.5 Å². The highest BCUT2D eigenvalue weighted by Crippen LogP contribution is 2.43. The largest absolute Gasteiger partial charge is 0.370 e. The molecule has 3 rings (SSSR count). The lowest BCUT2D eigenvalue weighted by Crippen LogP contribution is -2.41. The van der Waals surface area contributed by atoms with E-state index in [0.29, 0.717) is 24.0 Å². The zero-order valence-corrected chi connectivity index (χ0v) is 13.3. The van der Waals surface area contributed by atoms with E-state index in [1.165, 1.54) is 37.7 Å². The Kier molecular flexibility index (Phi) is 4.29. The van der Waals surface area contributed by atoms with Crippen LogP contribution in [-0.2, 0) is 0 Å². The molecule has 3 nitrogen and oxygen atoms in total. The van der Waals surface area contributed by atoms with E-state index < -0.39 is 0 Å². The van der Waals surface area contributed by atoms with Crippen molar-refractivity contribution in [1.82, 2.24) is 5.32 Å². The van der Waals surface area contributed by atoms with Crippen LogP contribution in [0.4, 0.5) is 0 Å². The molecular formula is C16H22BrN3. The van der Waals surface area contributed by atoms with Crippen LogP contribution in [0.2, 0.25) is 0 Å². The van der Waals surface area contributed by atoms with Gasteiger partial charge in [-0.3, -0.25) is 0 Å². The predicted octanol–water partition coefficient (Wildman–Crippen LogP) is 3.54. The Balaban J connectivity index is 1.53. The molecule has 2 unspecified atom stereocenters. The fourth-order valence-corrected chi connectivity index (χ4v) is 3.33. The van der Waals surface area contributed by atoms with Crippen LogP contribution in [0.15, 0.2) is 33.7 Å². The first-order valence-corrected chi connectivity index (χ1v) is 8.37. The molecule has 2 atom stereocenters. The molecule has 3 N–H and O–H groups in total. The third-order valence-electron chi connectivity index (χ3n) is 4.32. The summed E-state index contributed by atoms with van der Waals surface area (Å²) in [6.07, 6.45) is 7.58. The summed E-state index contributed by atoms with van der Waals surface area (Å²) < 4.78 is 1.13. The molecule has 1 aromatic carbocycles. The third kappa shape index (κ3) is 3.54. The van der Waals surface area contributed by atoms with Gasteiger partial charge in [0.2, 0.25) is 0 Å². The summed E-state index contributed by atoms with van der Waals surface area (Å²) in [7, 11) is 0. The second-order valence-electron chi connectivity index (χ2n) is 5.95. The molecule has 0 spiro atoms. The summed E-state index contributed by atoms with van der Waals surface area (Å²) >= 11 is 3.47. The molecule has 0 radical (unpaired) electrons. The van der Waals surface area contributed by atoms with Gasteiger partial charge in [-0.1, -0.05) is 47.3 Å². The Morgan fingerprint density at radius 2 is 1.85 bits per heavy atom. The number of guanidine groups is 1. The summed E-state index contributed by atoms with van der Waals surface area (Å²) in [6, 6.07) is 9.45. The summed E-state index contributed by atoms with van der Waals surface area (Å²) in [5.74, 6) is 1.19. The molecule has 4 heteroatoms. The Hall–Kier alpha value is -1.03. The highest BCUT2D eigenvalue weighted by molar-refractivity contribution is 9.10. The molecule has 0 bridgehead atoms. The van der Waals surface area contributed by atoms with Gasteiger partial charge in [0.25, 0.3) is 0 Å². The molecule has 2 saturated carbocycles. The van der Waals surface area contributed by atoms with Crippen molar-refractivity contribution in [3.05, 3.63) is 34.3 Å². The normalized spacial score (nSPS) is 27.4. The molecule has 2 aliphatic carbocycles. The van der Waals surface area contributed by atoms with Crippen LogP contribution in [0.25, 0.3) is 0 Å². The Morgan fingerprint density at radius 3 is 2.55 bits per heavy atom. The summed E-state index contributed by atoms with van der Waals surface area (Å²) in [5, 5.41) is 3.39. The molecule has 2 fully saturated rings. The number of hydrogen-bond acceptors (Lipinski definition) is 1. The minimum Gasteiger partial charge on any atom is -0.370 e. The lowest BCUT2D eigenvalue weighted by molar-refractivity contribution is 0.412. The van der Waals surface area contributed by atoms with Crippen LogP contribution in [0, 0.1) is 0 Å². The second-order valence-corrected chi connectivity index (χ2v) is 6.87. The molecule has 0 heterocycles. The predicted molar refractivity (Wildman–Crippen MR) is 86.9 cm³/mol. The number of rotatable bonds is 3. The Bertz CT molecular complexity index is 477. The molecule has 20 heavy (non-hydrogen) atoms. The lowest BCUT2D eigenvalue weighted by Gasteiger charge is -2.23. The highest BCUT2D eigenvalue weighted by atomic mass is 79.9. The van der Waals surface area contributed by atoms with Gasteiger partial charge in [-0.05, 0) is 37.0 Å². The molecule has 0 aliphatic heterocycles. The van der Waals surface area contributed by atoms with Gasteiger partial charge in [-0.2, -0.15) is 0 Å². The van der Waals surface area contributed by atoms with E-state index >= 15 is 0 Å². The van der Waals surface area contributed by atoms with Crippen molar-refractivity contribution >= 4 is 21.9 Å². The fourth-order valence-electron chi connectivity index (χ4n) is 3.06. The molecule has 108 valence electrons. The maximum absolute atomic E-state index is 6.04. The maximum Gasteiger partial charge on any atom is 0.189 e. The molecule has 2 aliphatic rings. The quantitative estimate of drug-likeness (QED) is 0.655. The SMILES string of the molecule is NC(=NC1CC1c1ccc(Br)cc1)NC1CCCCC1. The zero-order valence-electron chi connectivity index (χ0n) is 11.7. The van der Waals surface area contributed by atoms with E-state index in [1.54, 1.807) is 0 Å². The van der Waals surface area contributed by atoms with Crippen molar-refractivity contribution in [2.75, 3.05) is 0 Å². The van der Waals surface area contributed by atoms with Crippen LogP contribution in [-0.4, -0.2) is 18.0 Å². The minimum atomic E-state index is 0.368. The molecular weight excluding hydrogens is 314 g/mol. The Labute approximate surface area is 129 Å². The van der Waals surface area contributed by atoms with Crippen molar-refractivity contribution < 1.29 is 0 Å². The number of aliphatic imine (C=N–C) groups is 1. The molecule has 0 aromatic heterocycles. The number of hydrogen-bond donors (Lipinski definition) is 2. The van der Waals surface area contributed by atoms with Gasteiger partial charge in [0.15, 0.2) is 5.96 Å². The number of nitrogens with zero attached hydrogens (tertiary/aromatic N) is 1. The Morgan fingerprint density at radius 1 is 1.15 bits per heavy atom. The van der Waals surface area contributed by atoms with E-state index in [4.69, 9.17) is 5.73 Å². The topological polar surface area (TPSA) is 50.4 Å². The highest BCUT2D eigenvalue weighted by Gasteiger charge is 2.38. The van der Waals surface area contributed by atoms with E-state index in [9.17, 15) is 0 Å². The van der Waals surface area contributed by atoms with Crippen molar-refractivity contribution in [2.24, 2.45) is 10.7 Å². The van der Waals surface area contributed by atoms with Crippen LogP contribution in [0.3, 0.4) is 0 Å². The first-order valence-electron chi connectivity index (χ1n) is 7.57. The zero-order chi connectivity index (χ0) is 13.9. The maximum atomic E-state index is 6.04. The van der Waals surface area contributed by atoms with E-state index in [1.807, 2.05) is 0 Å². The van der Waals surface area contributed by atoms with Gasteiger partial charge >= 0.3 is 0 Å². The monoisotopic (exact) mass is 335 g/mol. The molecule has 0 amide bonds. The minimum absolute atomic E-state index is 0.368. The van der Waals surface area contributed by atoms with Crippen LogP contribution >= 0.6 is 15.9 Å². The summed E-state index contributed by atoms with van der Waals surface area (Å²) in [5.41, 5.74) is 7.41. The van der Waals surface area contributed by atoms with Gasteiger partial charge < -0.3 is 11.1 Å². The fraction of sp³-hybridized carbons (Fsp3) is 0.562. The van der Waals surface area contributed by atoms with Crippen molar-refractivity contribution in [1.29, 1.82) is 0 Å². The average Bonchev–Trinajstić information content (AvgIpc) is 3.19. The summed E-state index contributed by atoms with van der Waals surface area (Å²) in [4.78, 5) is 4.63. The smallest absolute Gasteiger partial charge is 0.189 e. The average molecular weight is 336 g/mol. The molecule has 0 saturated heterocycles. The van der Waals surface area contributed by atoms with E-state index in [0.717, 1.165) is 10.9 Å². The van der Waals surface area contributed by atoms with Gasteiger partial charge in [-0.15, -0.1) is 0 Å². The van der Waals surface area contributed by atoms with Crippen molar-refractivity contribution in [3.8, 4) is 0 Å². The van der Waals surface area contributed by atoms with Gasteiger partial charge in [0.05, 0.1) is 6.04 Å². The third-order valence-corrected chi connectivity index (χ3v) is 4.85. The number of halogens is 1. The van der Waals surface area contributed by atoms with Crippen LogP contribution in [0.5, 0.6) is 0 Å². The summed E-state index contributed by atoms with van der Waals surface area (Å²) in [6.45, 7) is 0.